The molecule has 0 bridgehead atoms. The molecular formula is C25H28N6O2. The Morgan fingerprint density at radius 3 is 2.79 bits per heavy atom. The summed E-state index contributed by atoms with van der Waals surface area (Å²) in [6, 6.07) is 11.7. The summed E-state index contributed by atoms with van der Waals surface area (Å²) in [5.41, 5.74) is 2.99. The van der Waals surface area contributed by atoms with Gasteiger partial charge in [0.25, 0.3) is 11.9 Å². The number of carbonyl (C=O) groups is 1. The number of hydrogen-bond acceptors (Lipinski definition) is 6. The number of carbonyl (C=O) groups excluding carboxylic acids is 1. The highest BCUT2D eigenvalue weighted by Crippen LogP contribution is 2.42. The van der Waals surface area contributed by atoms with E-state index in [0.29, 0.717) is 35.4 Å². The number of amides is 1. The van der Waals surface area contributed by atoms with Crippen molar-refractivity contribution in [2.24, 2.45) is 0 Å². The lowest BCUT2D eigenvalue weighted by molar-refractivity contribution is 0.0948. The molecule has 4 aromatic rings. The molecule has 0 saturated heterocycles. The van der Waals surface area contributed by atoms with Crippen molar-refractivity contribution in [3.8, 4) is 17.4 Å². The van der Waals surface area contributed by atoms with Gasteiger partial charge in [-0.15, -0.1) is 0 Å². The molecule has 1 aliphatic rings. The highest BCUT2D eigenvalue weighted by Gasteiger charge is 2.33. The predicted octanol–water partition coefficient (Wildman–Crippen LogP) is 4.02. The lowest BCUT2D eigenvalue weighted by atomic mass is 10.1. The van der Waals surface area contributed by atoms with E-state index >= 15 is 0 Å². The first-order chi connectivity index (χ1) is 16.2. The van der Waals surface area contributed by atoms with Crippen LogP contribution in [0.25, 0.3) is 28.4 Å². The Morgan fingerprint density at radius 1 is 1.21 bits per heavy atom. The lowest BCUT2D eigenvalue weighted by Crippen LogP contribution is -2.35. The van der Waals surface area contributed by atoms with E-state index in [1.165, 1.54) is 0 Å². The Morgan fingerprint density at radius 2 is 2.03 bits per heavy atom. The van der Waals surface area contributed by atoms with Crippen molar-refractivity contribution in [3.05, 3.63) is 60.0 Å². The molecule has 0 radical (unpaired) electrons. The average Bonchev–Trinajstić information content (AvgIpc) is 3.43. The van der Waals surface area contributed by atoms with Crippen molar-refractivity contribution in [2.75, 3.05) is 26.2 Å². The smallest absolute Gasteiger partial charge is 0.254 e. The van der Waals surface area contributed by atoms with Crippen molar-refractivity contribution in [3.63, 3.8) is 0 Å². The third-order valence-electron chi connectivity index (χ3n) is 6.13. The maximum Gasteiger partial charge on any atom is 0.254 e. The van der Waals surface area contributed by atoms with Crippen molar-refractivity contribution in [1.29, 1.82) is 0 Å². The summed E-state index contributed by atoms with van der Waals surface area (Å²) >= 11 is 0. The minimum Gasteiger partial charge on any atom is -0.454 e. The van der Waals surface area contributed by atoms with Crippen molar-refractivity contribution >= 4 is 16.9 Å². The second-order valence-electron chi connectivity index (χ2n) is 8.30. The zero-order valence-electron chi connectivity index (χ0n) is 19.0. The van der Waals surface area contributed by atoms with Crippen LogP contribution in [0, 0.1) is 0 Å². The largest absolute Gasteiger partial charge is 0.454 e. The molecule has 3 heterocycles. The van der Waals surface area contributed by atoms with Crippen LogP contribution in [0.3, 0.4) is 0 Å². The van der Waals surface area contributed by atoms with E-state index in [-0.39, 0.29) is 5.91 Å². The lowest BCUT2D eigenvalue weighted by Gasteiger charge is -2.18. The third kappa shape index (κ3) is 4.39. The molecule has 8 heteroatoms. The van der Waals surface area contributed by atoms with Gasteiger partial charge >= 0.3 is 0 Å². The molecular weight excluding hydrogens is 416 g/mol. The summed E-state index contributed by atoms with van der Waals surface area (Å²) in [5.74, 6) is 1.32. The summed E-state index contributed by atoms with van der Waals surface area (Å²) in [6.07, 6.45) is 5.41. The summed E-state index contributed by atoms with van der Waals surface area (Å²) in [4.78, 5) is 24.4. The first kappa shape index (κ1) is 21.3. The number of para-hydroxylation sites is 1. The molecule has 0 aliphatic heterocycles. The fourth-order valence-electron chi connectivity index (χ4n) is 4.10. The Hall–Kier alpha value is -3.52. The molecule has 1 aromatic carbocycles. The minimum atomic E-state index is -0.0938. The van der Waals surface area contributed by atoms with Gasteiger partial charge < -0.3 is 14.6 Å². The number of furan rings is 1. The van der Waals surface area contributed by atoms with Crippen LogP contribution in [-0.2, 0) is 0 Å². The Labute approximate surface area is 192 Å². The van der Waals surface area contributed by atoms with Crippen LogP contribution in [0.15, 0.2) is 53.2 Å². The molecule has 0 atom stereocenters. The Balaban J connectivity index is 1.41. The van der Waals surface area contributed by atoms with Crippen LogP contribution in [0.5, 0.6) is 0 Å². The summed E-state index contributed by atoms with van der Waals surface area (Å²) in [7, 11) is 0. The molecule has 5 rings (SSSR count). The van der Waals surface area contributed by atoms with Crippen molar-refractivity contribution < 1.29 is 9.21 Å². The molecule has 1 aliphatic carbocycles. The van der Waals surface area contributed by atoms with E-state index in [9.17, 15) is 4.79 Å². The topological polar surface area (TPSA) is 89.1 Å². The first-order valence-corrected chi connectivity index (χ1v) is 11.6. The van der Waals surface area contributed by atoms with E-state index in [2.05, 4.69) is 34.1 Å². The van der Waals surface area contributed by atoms with Gasteiger partial charge in [0.05, 0.1) is 17.5 Å². The molecule has 170 valence electrons. The number of rotatable bonds is 9. The fourth-order valence-corrected chi connectivity index (χ4v) is 4.10. The van der Waals surface area contributed by atoms with Crippen LogP contribution in [0.2, 0.25) is 0 Å². The van der Waals surface area contributed by atoms with Crippen molar-refractivity contribution in [1.82, 2.24) is 30.0 Å². The molecule has 0 unspecified atom stereocenters. The summed E-state index contributed by atoms with van der Waals surface area (Å²) in [6.45, 7) is 7.62. The van der Waals surface area contributed by atoms with Gasteiger partial charge in [0, 0.05) is 30.6 Å². The van der Waals surface area contributed by atoms with Gasteiger partial charge in [-0.25, -0.2) is 14.6 Å². The number of likely N-dealkylation sites (N-methyl/N-ethyl adjacent to an activating group) is 1. The van der Waals surface area contributed by atoms with Crippen molar-refractivity contribution in [2.45, 2.75) is 32.6 Å². The van der Waals surface area contributed by atoms with Crippen LogP contribution in [0.1, 0.15) is 48.7 Å². The first-order valence-electron chi connectivity index (χ1n) is 11.6. The predicted molar refractivity (Wildman–Crippen MR) is 126 cm³/mol. The maximum atomic E-state index is 12.9. The molecule has 1 saturated carbocycles. The van der Waals surface area contributed by atoms with Gasteiger partial charge in [-0.05, 0) is 44.1 Å². The average molecular weight is 445 g/mol. The highest BCUT2D eigenvalue weighted by atomic mass is 16.3. The monoisotopic (exact) mass is 444 g/mol. The maximum absolute atomic E-state index is 12.9. The summed E-state index contributed by atoms with van der Waals surface area (Å²) < 4.78 is 7.68. The van der Waals surface area contributed by atoms with Gasteiger partial charge in [-0.3, -0.25) is 4.79 Å². The summed E-state index contributed by atoms with van der Waals surface area (Å²) in [5, 5.41) is 8.58. The molecule has 1 fully saturated rings. The number of benzene rings is 1. The molecule has 1 amide bonds. The molecule has 3 aromatic heterocycles. The quantitative estimate of drug-likeness (QED) is 0.419. The normalized spacial score (nSPS) is 13.7. The van der Waals surface area contributed by atoms with E-state index in [1.54, 1.807) is 17.1 Å². The van der Waals surface area contributed by atoms with Crippen LogP contribution < -0.4 is 5.32 Å². The number of fused-ring (bicyclic) bond motifs is 1. The molecule has 0 spiro atoms. The van der Waals surface area contributed by atoms with Gasteiger partial charge in [-0.2, -0.15) is 5.10 Å². The molecule has 1 N–H and O–H groups in total. The van der Waals surface area contributed by atoms with Crippen LogP contribution >= 0.6 is 0 Å². The number of nitrogens with one attached hydrogen (secondary N) is 1. The van der Waals surface area contributed by atoms with E-state index in [4.69, 9.17) is 9.40 Å². The Kier molecular flexibility index (Phi) is 5.92. The number of aromatic nitrogens is 4. The SMILES string of the molecule is CCN(CC)CCNC(=O)c1cnn(-c2nccc(-c3cc4ccccc4o3)n2)c1C1CC1. The fraction of sp³-hybridized carbons (Fsp3) is 0.360. The minimum absolute atomic E-state index is 0.0938. The third-order valence-corrected chi connectivity index (χ3v) is 6.13. The van der Waals surface area contributed by atoms with Gasteiger partial charge in [-0.1, -0.05) is 32.0 Å². The van der Waals surface area contributed by atoms with E-state index in [1.807, 2.05) is 36.4 Å². The van der Waals surface area contributed by atoms with Gasteiger partial charge in [0.2, 0.25) is 0 Å². The van der Waals surface area contributed by atoms with Crippen LogP contribution in [0.4, 0.5) is 0 Å². The van der Waals surface area contributed by atoms with Gasteiger partial charge in [0.15, 0.2) is 5.76 Å². The standard InChI is InChI=1S/C25H28N6O2/c1-3-30(4-2)14-13-26-24(32)19-16-28-31(23(19)17-9-10-17)25-27-12-11-20(29-25)22-15-18-7-5-6-8-21(18)33-22/h5-8,11-12,15-17H,3-4,9-10,13-14H2,1-2H3,(H,26,32). The van der Waals surface area contributed by atoms with Gasteiger partial charge in [0.1, 0.15) is 11.3 Å². The molecule has 8 nitrogen and oxygen atoms in total. The molecule has 33 heavy (non-hydrogen) atoms. The van der Waals surface area contributed by atoms with E-state index < -0.39 is 0 Å². The van der Waals surface area contributed by atoms with Crippen LogP contribution in [-0.4, -0.2) is 56.7 Å². The zero-order valence-corrected chi connectivity index (χ0v) is 19.0. The second kappa shape index (κ2) is 9.15. The zero-order chi connectivity index (χ0) is 22.8. The Bertz CT molecular complexity index is 1240. The highest BCUT2D eigenvalue weighted by molar-refractivity contribution is 5.95. The second-order valence-corrected chi connectivity index (χ2v) is 8.30. The number of nitrogens with zero attached hydrogens (tertiary/aromatic N) is 5. The number of hydrogen-bond donors (Lipinski definition) is 1. The van der Waals surface area contributed by atoms with E-state index in [0.717, 1.165) is 49.1 Å².